The maximum atomic E-state index is 14.8. The lowest BCUT2D eigenvalue weighted by molar-refractivity contribution is -0.191. The van der Waals surface area contributed by atoms with Crippen molar-refractivity contribution in [1.29, 1.82) is 0 Å². The van der Waals surface area contributed by atoms with Gasteiger partial charge in [-0.2, -0.15) is 5.10 Å². The van der Waals surface area contributed by atoms with Crippen LogP contribution < -0.4 is 0 Å². The van der Waals surface area contributed by atoms with Crippen molar-refractivity contribution in [3.63, 3.8) is 0 Å². The molecular weight excluding hydrogens is 338 g/mol. The molecule has 3 aromatic rings. The summed E-state index contributed by atoms with van der Waals surface area (Å²) in [4.78, 5) is 9.33. The van der Waals surface area contributed by atoms with Crippen LogP contribution in [0.5, 0.6) is 0 Å². The van der Waals surface area contributed by atoms with E-state index in [1.165, 1.54) is 6.33 Å². The van der Waals surface area contributed by atoms with Gasteiger partial charge in [-0.25, -0.2) is 18.4 Å². The van der Waals surface area contributed by atoms with E-state index in [0.29, 0.717) is 16.8 Å². The molecule has 7 heteroatoms. The molecule has 2 aromatic carbocycles. The highest BCUT2D eigenvalue weighted by Gasteiger charge is 2.65. The predicted molar refractivity (Wildman–Crippen MR) is 90.4 cm³/mol. The number of oxime groups is 1. The van der Waals surface area contributed by atoms with Crippen molar-refractivity contribution in [3.8, 4) is 5.69 Å². The van der Waals surface area contributed by atoms with E-state index in [9.17, 15) is 8.78 Å². The number of hydrogen-bond acceptors (Lipinski definition) is 4. The van der Waals surface area contributed by atoms with Gasteiger partial charge in [0, 0.05) is 18.4 Å². The molecule has 0 saturated heterocycles. The fourth-order valence-corrected chi connectivity index (χ4v) is 3.72. The SMILES string of the molecule is FC1(F)Cc2ccccc2C12CC(c1ccc(-n3cncn3)cc1)=NO2. The number of alkyl halides is 2. The minimum Gasteiger partial charge on any atom is -0.377 e. The number of rotatable bonds is 2. The Morgan fingerprint density at radius 2 is 1.81 bits per heavy atom. The molecule has 1 aromatic heterocycles. The topological polar surface area (TPSA) is 52.3 Å². The van der Waals surface area contributed by atoms with Crippen molar-refractivity contribution in [2.24, 2.45) is 5.16 Å². The highest BCUT2D eigenvalue weighted by Crippen LogP contribution is 2.55. The van der Waals surface area contributed by atoms with Crippen molar-refractivity contribution in [1.82, 2.24) is 14.8 Å². The molecule has 1 aliphatic carbocycles. The molecule has 0 fully saturated rings. The molecule has 1 spiro atoms. The Morgan fingerprint density at radius 3 is 2.58 bits per heavy atom. The Balaban J connectivity index is 1.47. The third kappa shape index (κ3) is 2.03. The minimum absolute atomic E-state index is 0.0414. The Morgan fingerprint density at radius 1 is 1.00 bits per heavy atom. The summed E-state index contributed by atoms with van der Waals surface area (Å²) in [5.74, 6) is -3.00. The van der Waals surface area contributed by atoms with Crippen molar-refractivity contribution >= 4 is 5.71 Å². The summed E-state index contributed by atoms with van der Waals surface area (Å²) in [6, 6.07) is 14.3. The van der Waals surface area contributed by atoms with E-state index in [0.717, 1.165) is 11.3 Å². The van der Waals surface area contributed by atoms with E-state index in [-0.39, 0.29) is 12.8 Å². The molecule has 2 aliphatic rings. The van der Waals surface area contributed by atoms with Gasteiger partial charge >= 0.3 is 0 Å². The molecule has 1 unspecified atom stereocenters. The summed E-state index contributed by atoms with van der Waals surface area (Å²) in [6.07, 6.45) is 2.76. The minimum atomic E-state index is -3.00. The first-order valence-corrected chi connectivity index (χ1v) is 8.26. The average Bonchev–Trinajstić information content (AvgIpc) is 3.36. The Labute approximate surface area is 147 Å². The van der Waals surface area contributed by atoms with Crippen molar-refractivity contribution in [3.05, 3.63) is 77.9 Å². The summed E-state index contributed by atoms with van der Waals surface area (Å²) in [6.45, 7) is 0. The normalized spacial score (nSPS) is 22.9. The van der Waals surface area contributed by atoms with Crippen LogP contribution in [0.2, 0.25) is 0 Å². The molecule has 130 valence electrons. The van der Waals surface area contributed by atoms with Crippen LogP contribution in [0.3, 0.4) is 0 Å². The lowest BCUT2D eigenvalue weighted by atomic mass is 9.86. The monoisotopic (exact) mass is 352 g/mol. The molecule has 5 nitrogen and oxygen atoms in total. The number of nitrogens with zero attached hydrogens (tertiary/aromatic N) is 4. The molecule has 0 radical (unpaired) electrons. The smallest absolute Gasteiger partial charge is 0.298 e. The molecule has 5 rings (SSSR count). The summed E-state index contributed by atoms with van der Waals surface area (Å²) in [5, 5.41) is 8.10. The van der Waals surface area contributed by atoms with Crippen molar-refractivity contribution in [2.75, 3.05) is 0 Å². The van der Waals surface area contributed by atoms with Crippen LogP contribution >= 0.6 is 0 Å². The van der Waals surface area contributed by atoms with E-state index in [2.05, 4.69) is 15.2 Å². The van der Waals surface area contributed by atoms with Gasteiger partial charge in [0.25, 0.3) is 5.92 Å². The first-order chi connectivity index (χ1) is 12.6. The van der Waals surface area contributed by atoms with Gasteiger partial charge < -0.3 is 4.84 Å². The number of halogens is 2. The molecule has 0 N–H and O–H groups in total. The number of aromatic nitrogens is 3. The van der Waals surface area contributed by atoms with Gasteiger partial charge in [-0.15, -0.1) is 0 Å². The zero-order chi connectivity index (χ0) is 17.8. The largest absolute Gasteiger partial charge is 0.377 e. The lowest BCUT2D eigenvalue weighted by Crippen LogP contribution is -2.42. The van der Waals surface area contributed by atoms with E-state index < -0.39 is 11.5 Å². The first kappa shape index (κ1) is 15.2. The Kier molecular flexibility index (Phi) is 3.04. The zero-order valence-electron chi connectivity index (χ0n) is 13.6. The summed E-state index contributed by atoms with van der Waals surface area (Å²) in [5.41, 5.74) is 1.55. The Hall–Kier alpha value is -3.09. The van der Waals surface area contributed by atoms with Gasteiger partial charge in [-0.05, 0) is 23.3 Å². The van der Waals surface area contributed by atoms with E-state index in [1.807, 2.05) is 24.3 Å². The molecule has 1 atom stereocenters. The number of fused-ring (bicyclic) bond motifs is 2. The fourth-order valence-electron chi connectivity index (χ4n) is 3.72. The third-order valence-electron chi connectivity index (χ3n) is 5.07. The average molecular weight is 352 g/mol. The van der Waals surface area contributed by atoms with Crippen molar-refractivity contribution in [2.45, 2.75) is 24.4 Å². The summed E-state index contributed by atoms with van der Waals surface area (Å²) >= 11 is 0. The van der Waals surface area contributed by atoms with Gasteiger partial charge in [0.1, 0.15) is 12.7 Å². The quantitative estimate of drug-likeness (QED) is 0.710. The van der Waals surface area contributed by atoms with Crippen LogP contribution in [0.4, 0.5) is 8.78 Å². The second-order valence-electron chi connectivity index (χ2n) is 6.56. The van der Waals surface area contributed by atoms with E-state index in [4.69, 9.17) is 4.84 Å². The Bertz CT molecular complexity index is 999. The fraction of sp³-hybridized carbons (Fsp3) is 0.211. The van der Waals surface area contributed by atoms with Gasteiger partial charge in [0.2, 0.25) is 5.60 Å². The number of benzene rings is 2. The van der Waals surface area contributed by atoms with Crippen molar-refractivity contribution < 1.29 is 13.6 Å². The van der Waals surface area contributed by atoms with Gasteiger partial charge in [0.05, 0.1) is 11.4 Å². The van der Waals surface area contributed by atoms with Crippen LogP contribution in [-0.4, -0.2) is 26.4 Å². The molecule has 0 amide bonds. The van der Waals surface area contributed by atoms with Crippen LogP contribution in [-0.2, 0) is 16.9 Å². The van der Waals surface area contributed by atoms with Gasteiger partial charge in [-0.3, -0.25) is 0 Å². The molecule has 2 heterocycles. The highest BCUT2D eigenvalue weighted by atomic mass is 19.3. The predicted octanol–water partition coefficient (Wildman–Crippen LogP) is 3.48. The maximum absolute atomic E-state index is 14.8. The maximum Gasteiger partial charge on any atom is 0.298 e. The number of hydrogen-bond donors (Lipinski definition) is 0. The molecule has 26 heavy (non-hydrogen) atoms. The molecular formula is C19H14F2N4O. The van der Waals surface area contributed by atoms with Crippen LogP contribution in [0.15, 0.2) is 66.3 Å². The molecule has 1 aliphatic heterocycles. The molecule has 0 saturated carbocycles. The summed E-state index contributed by atoms with van der Waals surface area (Å²) < 4.78 is 31.3. The van der Waals surface area contributed by atoms with Crippen LogP contribution in [0.1, 0.15) is 23.1 Å². The van der Waals surface area contributed by atoms with Crippen LogP contribution in [0.25, 0.3) is 5.69 Å². The second kappa shape index (κ2) is 5.20. The lowest BCUT2D eigenvalue weighted by Gasteiger charge is -2.28. The summed E-state index contributed by atoms with van der Waals surface area (Å²) in [7, 11) is 0. The van der Waals surface area contributed by atoms with E-state index >= 15 is 0 Å². The van der Waals surface area contributed by atoms with Gasteiger partial charge in [0.15, 0.2) is 0 Å². The van der Waals surface area contributed by atoms with E-state index in [1.54, 1.807) is 35.3 Å². The third-order valence-corrected chi connectivity index (χ3v) is 5.07. The second-order valence-corrected chi connectivity index (χ2v) is 6.56. The van der Waals surface area contributed by atoms with Crippen LogP contribution in [0, 0.1) is 0 Å². The highest BCUT2D eigenvalue weighted by molar-refractivity contribution is 6.02. The molecule has 0 bridgehead atoms. The standard InChI is InChI=1S/C19H14F2N4O/c20-19(21)9-14-3-1-2-4-16(14)18(19)10-17(24-26-18)13-5-7-15(8-6-13)25-12-22-11-23-25/h1-8,11-12H,9-10H2. The zero-order valence-corrected chi connectivity index (χ0v) is 13.6. The van der Waals surface area contributed by atoms with Gasteiger partial charge in [-0.1, -0.05) is 41.6 Å². The first-order valence-electron chi connectivity index (χ1n) is 8.26.